The fourth-order valence-electron chi connectivity index (χ4n) is 5.78. The summed E-state index contributed by atoms with van der Waals surface area (Å²) in [6.07, 6.45) is 19.3. The quantitative estimate of drug-likeness (QED) is 0.0766. The van der Waals surface area contributed by atoms with Crippen LogP contribution in [0.15, 0.2) is 91.0 Å². The highest BCUT2D eigenvalue weighted by molar-refractivity contribution is 8.00. The van der Waals surface area contributed by atoms with Gasteiger partial charge in [-0.3, -0.25) is 0 Å². The third kappa shape index (κ3) is 11.9. The molecule has 0 bridgehead atoms. The summed E-state index contributed by atoms with van der Waals surface area (Å²) in [6, 6.07) is 32.6. The van der Waals surface area contributed by atoms with Crippen molar-refractivity contribution in [2.75, 3.05) is 26.1 Å². The van der Waals surface area contributed by atoms with E-state index in [1.165, 1.54) is 100 Å². The Hall–Kier alpha value is -2.07. The Morgan fingerprint density at radius 1 is 0.548 bits per heavy atom. The van der Waals surface area contributed by atoms with Crippen LogP contribution in [0.1, 0.15) is 114 Å². The van der Waals surface area contributed by atoms with E-state index in [0.29, 0.717) is 6.61 Å². The minimum absolute atomic E-state index is 0.0390. The van der Waals surface area contributed by atoms with E-state index < -0.39 is 0 Å². The number of methoxy groups -OCH3 is 1. The Balaban J connectivity index is 1.39. The zero-order valence-electron chi connectivity index (χ0n) is 26.5. The van der Waals surface area contributed by atoms with Crippen LogP contribution < -0.4 is 0 Å². The minimum Gasteiger partial charge on any atom is -0.379 e. The minimum atomic E-state index is -0.324. The summed E-state index contributed by atoms with van der Waals surface area (Å²) < 4.78 is 11.7. The van der Waals surface area contributed by atoms with Crippen LogP contribution in [0, 0.1) is 0 Å². The molecule has 0 N–H and O–H groups in total. The van der Waals surface area contributed by atoms with Gasteiger partial charge in [0, 0.05) is 19.5 Å². The maximum Gasteiger partial charge on any atom is 0.0907 e. The predicted molar refractivity (Wildman–Crippen MR) is 184 cm³/mol. The van der Waals surface area contributed by atoms with Crippen LogP contribution >= 0.6 is 11.8 Å². The van der Waals surface area contributed by atoms with Crippen molar-refractivity contribution < 1.29 is 9.47 Å². The number of hydrogen-bond acceptors (Lipinski definition) is 3. The summed E-state index contributed by atoms with van der Waals surface area (Å²) in [5.74, 6) is 0.841. The first-order valence-corrected chi connectivity index (χ1v) is 17.7. The van der Waals surface area contributed by atoms with Crippen molar-refractivity contribution >= 4 is 11.8 Å². The van der Waals surface area contributed by atoms with Gasteiger partial charge in [-0.2, -0.15) is 0 Å². The first-order valence-electron chi connectivity index (χ1n) is 16.7. The van der Waals surface area contributed by atoms with Gasteiger partial charge in [0.2, 0.25) is 0 Å². The van der Waals surface area contributed by atoms with Crippen molar-refractivity contribution in [1.82, 2.24) is 0 Å². The van der Waals surface area contributed by atoms with E-state index in [1.54, 1.807) is 0 Å². The largest absolute Gasteiger partial charge is 0.379 e. The first-order chi connectivity index (χ1) is 20.8. The second kappa shape index (κ2) is 21.6. The Labute approximate surface area is 262 Å². The fourth-order valence-corrected chi connectivity index (χ4v) is 7.36. The molecule has 3 aromatic rings. The van der Waals surface area contributed by atoms with E-state index in [2.05, 4.69) is 97.9 Å². The number of rotatable bonds is 24. The molecule has 1 atom stereocenters. The van der Waals surface area contributed by atoms with Crippen molar-refractivity contribution in [3.05, 3.63) is 108 Å². The average Bonchev–Trinajstić information content (AvgIpc) is 3.05. The highest BCUT2D eigenvalue weighted by atomic mass is 32.2. The molecule has 0 saturated carbocycles. The van der Waals surface area contributed by atoms with Crippen LogP contribution in [0.4, 0.5) is 0 Å². The summed E-state index contributed by atoms with van der Waals surface area (Å²) >= 11 is 1.94. The zero-order valence-corrected chi connectivity index (χ0v) is 27.3. The third-order valence-electron chi connectivity index (χ3n) is 8.31. The number of unbranched alkanes of at least 4 members (excludes halogenated alkanes) is 13. The second-order valence-electron chi connectivity index (χ2n) is 11.6. The molecule has 0 aliphatic heterocycles. The molecule has 3 heteroatoms. The van der Waals surface area contributed by atoms with Crippen LogP contribution in [0.2, 0.25) is 0 Å². The summed E-state index contributed by atoms with van der Waals surface area (Å²) in [4.78, 5) is 0. The molecule has 1 unspecified atom stereocenters. The van der Waals surface area contributed by atoms with Gasteiger partial charge < -0.3 is 9.47 Å². The number of benzene rings is 3. The van der Waals surface area contributed by atoms with Crippen LogP contribution in [0.5, 0.6) is 0 Å². The zero-order chi connectivity index (χ0) is 29.6. The molecule has 0 saturated heterocycles. The van der Waals surface area contributed by atoms with Gasteiger partial charge in [0.05, 0.1) is 17.5 Å². The van der Waals surface area contributed by atoms with Gasteiger partial charge in [-0.25, -0.2) is 0 Å². The SMILES string of the molecule is CCCCCCCCCCCCCCCCOCC(CSC(c1ccccc1)(c1ccccc1)c1ccccc1)OC. The predicted octanol–water partition coefficient (Wildman–Crippen LogP) is 11.2. The highest BCUT2D eigenvalue weighted by Gasteiger charge is 2.37. The Bertz CT molecular complexity index is 927. The Kier molecular flexibility index (Phi) is 17.7. The van der Waals surface area contributed by atoms with E-state index in [0.717, 1.165) is 18.8 Å². The third-order valence-corrected chi connectivity index (χ3v) is 9.98. The van der Waals surface area contributed by atoms with Crippen molar-refractivity contribution in [3.8, 4) is 0 Å². The van der Waals surface area contributed by atoms with Crippen LogP contribution in [0.25, 0.3) is 0 Å². The average molecular weight is 589 g/mol. The Morgan fingerprint density at radius 2 is 0.929 bits per heavy atom. The number of ether oxygens (including phenoxy) is 2. The standard InChI is InChI=1S/C39H56O2S/c1-3-4-5-6-7-8-9-10-11-12-13-14-15-25-32-41-33-38(40-2)34-42-39(35-26-19-16-20-27-35,36-28-21-17-22-29-36)37-30-23-18-24-31-37/h16-24,26-31,38H,3-15,25,32-34H2,1-2H3. The molecule has 0 fully saturated rings. The summed E-state index contributed by atoms with van der Waals surface area (Å²) in [5.41, 5.74) is 3.85. The number of hydrogen-bond donors (Lipinski definition) is 0. The highest BCUT2D eigenvalue weighted by Crippen LogP contribution is 2.48. The molecular formula is C39H56O2S. The van der Waals surface area contributed by atoms with E-state index in [4.69, 9.17) is 9.47 Å². The second-order valence-corrected chi connectivity index (χ2v) is 12.9. The molecular weight excluding hydrogens is 532 g/mol. The normalized spacial score (nSPS) is 12.4. The number of thioether (sulfide) groups is 1. The van der Waals surface area contributed by atoms with E-state index >= 15 is 0 Å². The van der Waals surface area contributed by atoms with Gasteiger partial charge in [0.15, 0.2) is 0 Å². The molecule has 3 aromatic carbocycles. The molecule has 0 radical (unpaired) electrons. The van der Waals surface area contributed by atoms with Crippen molar-refractivity contribution in [2.24, 2.45) is 0 Å². The topological polar surface area (TPSA) is 18.5 Å². The van der Waals surface area contributed by atoms with E-state index in [-0.39, 0.29) is 10.9 Å². The van der Waals surface area contributed by atoms with Gasteiger partial charge >= 0.3 is 0 Å². The van der Waals surface area contributed by atoms with Crippen LogP contribution in [-0.2, 0) is 14.2 Å². The lowest BCUT2D eigenvalue weighted by atomic mass is 9.84. The van der Waals surface area contributed by atoms with Gasteiger partial charge in [-0.1, -0.05) is 181 Å². The molecule has 230 valence electrons. The molecule has 2 nitrogen and oxygen atoms in total. The van der Waals surface area contributed by atoms with E-state index in [9.17, 15) is 0 Å². The maximum atomic E-state index is 6.14. The summed E-state index contributed by atoms with van der Waals surface area (Å²) in [6.45, 7) is 3.75. The lowest BCUT2D eigenvalue weighted by Crippen LogP contribution is -2.30. The molecule has 0 amide bonds. The monoisotopic (exact) mass is 588 g/mol. The van der Waals surface area contributed by atoms with Gasteiger partial charge in [0.1, 0.15) is 0 Å². The lowest BCUT2D eigenvalue weighted by molar-refractivity contribution is 0.0198. The van der Waals surface area contributed by atoms with Gasteiger partial charge in [0.25, 0.3) is 0 Å². The van der Waals surface area contributed by atoms with E-state index in [1.807, 2.05) is 18.9 Å². The lowest BCUT2D eigenvalue weighted by Gasteiger charge is -2.36. The van der Waals surface area contributed by atoms with Crippen molar-refractivity contribution in [2.45, 2.75) is 108 Å². The first kappa shape index (κ1) is 34.4. The molecule has 42 heavy (non-hydrogen) atoms. The maximum absolute atomic E-state index is 6.14. The van der Waals surface area contributed by atoms with Gasteiger partial charge in [-0.05, 0) is 23.1 Å². The van der Waals surface area contributed by atoms with Crippen LogP contribution in [-0.4, -0.2) is 32.2 Å². The molecule has 3 rings (SSSR count). The summed E-state index contributed by atoms with van der Waals surface area (Å²) in [5, 5.41) is 0. The molecule has 0 aliphatic carbocycles. The molecule has 0 aliphatic rings. The molecule has 0 spiro atoms. The van der Waals surface area contributed by atoms with Crippen molar-refractivity contribution in [1.29, 1.82) is 0 Å². The Morgan fingerprint density at radius 3 is 1.31 bits per heavy atom. The molecule has 0 heterocycles. The van der Waals surface area contributed by atoms with Crippen molar-refractivity contribution in [3.63, 3.8) is 0 Å². The molecule has 0 aromatic heterocycles. The van der Waals surface area contributed by atoms with Gasteiger partial charge in [-0.15, -0.1) is 11.8 Å². The van der Waals surface area contributed by atoms with Crippen LogP contribution in [0.3, 0.4) is 0 Å². The fraction of sp³-hybridized carbons (Fsp3) is 0.538. The summed E-state index contributed by atoms with van der Waals surface area (Å²) in [7, 11) is 1.82. The smallest absolute Gasteiger partial charge is 0.0907 e.